The number of ether oxygens (including phenoxy) is 1. The topological polar surface area (TPSA) is 46.5 Å². The van der Waals surface area contributed by atoms with Crippen LogP contribution in [0.3, 0.4) is 0 Å². The molecule has 0 aromatic heterocycles. The van der Waals surface area contributed by atoms with Gasteiger partial charge in [-0.2, -0.15) is 0 Å². The molecule has 0 saturated carbocycles. The first-order valence-electron chi connectivity index (χ1n) is 6.23. The van der Waals surface area contributed by atoms with Crippen molar-refractivity contribution in [1.82, 2.24) is 0 Å². The third kappa shape index (κ3) is 3.35. The lowest BCUT2D eigenvalue weighted by atomic mass is 10.1. The standard InChI is InChI=1S/C16H16O3/c1-2-15(18)14-5-3-4-6-16(14)19-11-12-7-9-13(17)10-8-12/h3-10,17H,2,11H2,1H3. The first kappa shape index (κ1) is 13.1. The second kappa shape index (κ2) is 6.05. The number of phenolic OH excluding ortho intramolecular Hbond substituents is 1. The molecule has 0 aliphatic heterocycles. The van der Waals surface area contributed by atoms with Gasteiger partial charge in [0.05, 0.1) is 5.56 Å². The van der Waals surface area contributed by atoms with Crippen LogP contribution in [0.15, 0.2) is 48.5 Å². The van der Waals surface area contributed by atoms with E-state index in [-0.39, 0.29) is 11.5 Å². The van der Waals surface area contributed by atoms with E-state index in [2.05, 4.69) is 0 Å². The van der Waals surface area contributed by atoms with E-state index in [0.29, 0.717) is 24.3 Å². The number of benzene rings is 2. The van der Waals surface area contributed by atoms with Gasteiger partial charge in [-0.15, -0.1) is 0 Å². The summed E-state index contributed by atoms with van der Waals surface area (Å²) in [6, 6.07) is 14.1. The van der Waals surface area contributed by atoms with E-state index in [4.69, 9.17) is 4.74 Å². The Bertz CT molecular complexity index is 558. The van der Waals surface area contributed by atoms with Crippen LogP contribution < -0.4 is 4.74 Å². The zero-order chi connectivity index (χ0) is 13.7. The van der Waals surface area contributed by atoms with E-state index < -0.39 is 0 Å². The maximum absolute atomic E-state index is 11.8. The van der Waals surface area contributed by atoms with Gasteiger partial charge in [0.2, 0.25) is 0 Å². The lowest BCUT2D eigenvalue weighted by Crippen LogP contribution is -2.03. The molecule has 0 aliphatic rings. The molecule has 0 fully saturated rings. The van der Waals surface area contributed by atoms with E-state index in [0.717, 1.165) is 5.56 Å². The molecule has 0 spiro atoms. The van der Waals surface area contributed by atoms with Crippen LogP contribution in [0, 0.1) is 0 Å². The molecule has 0 atom stereocenters. The van der Waals surface area contributed by atoms with E-state index in [1.807, 2.05) is 19.1 Å². The third-order valence-electron chi connectivity index (χ3n) is 2.84. The van der Waals surface area contributed by atoms with Gasteiger partial charge >= 0.3 is 0 Å². The van der Waals surface area contributed by atoms with Crippen molar-refractivity contribution in [3.63, 3.8) is 0 Å². The van der Waals surface area contributed by atoms with Gasteiger partial charge in [0.1, 0.15) is 18.1 Å². The number of hydrogen-bond donors (Lipinski definition) is 1. The zero-order valence-corrected chi connectivity index (χ0v) is 10.8. The van der Waals surface area contributed by atoms with Gasteiger partial charge in [-0.1, -0.05) is 31.2 Å². The first-order chi connectivity index (χ1) is 9.20. The number of para-hydroxylation sites is 1. The normalized spacial score (nSPS) is 10.2. The van der Waals surface area contributed by atoms with Crippen LogP contribution >= 0.6 is 0 Å². The Morgan fingerprint density at radius 3 is 2.47 bits per heavy atom. The van der Waals surface area contributed by atoms with Gasteiger partial charge in [-0.25, -0.2) is 0 Å². The number of carbonyl (C=O) groups is 1. The second-order valence-corrected chi connectivity index (χ2v) is 4.23. The number of aromatic hydroxyl groups is 1. The third-order valence-corrected chi connectivity index (χ3v) is 2.84. The molecule has 0 unspecified atom stereocenters. The summed E-state index contributed by atoms with van der Waals surface area (Å²) in [5.74, 6) is 0.897. The van der Waals surface area contributed by atoms with Crippen molar-refractivity contribution >= 4 is 5.78 Å². The summed E-state index contributed by atoms with van der Waals surface area (Å²) in [4.78, 5) is 11.8. The first-order valence-corrected chi connectivity index (χ1v) is 6.23. The molecule has 0 aliphatic carbocycles. The maximum Gasteiger partial charge on any atom is 0.166 e. The number of phenols is 1. The molecule has 0 radical (unpaired) electrons. The van der Waals surface area contributed by atoms with Crippen LogP contribution in [-0.2, 0) is 6.61 Å². The highest BCUT2D eigenvalue weighted by Gasteiger charge is 2.09. The van der Waals surface area contributed by atoms with Crippen LogP contribution in [0.1, 0.15) is 29.3 Å². The van der Waals surface area contributed by atoms with E-state index >= 15 is 0 Å². The zero-order valence-electron chi connectivity index (χ0n) is 10.8. The number of hydrogen-bond acceptors (Lipinski definition) is 3. The average molecular weight is 256 g/mol. The summed E-state index contributed by atoms with van der Waals surface area (Å²) in [6.45, 7) is 2.20. The number of carbonyl (C=O) groups excluding carboxylic acids is 1. The molecule has 98 valence electrons. The van der Waals surface area contributed by atoms with Crippen LogP contribution in [-0.4, -0.2) is 10.9 Å². The van der Waals surface area contributed by atoms with E-state index in [1.54, 1.807) is 36.4 Å². The van der Waals surface area contributed by atoms with Crippen molar-refractivity contribution in [2.45, 2.75) is 20.0 Å². The fourth-order valence-corrected chi connectivity index (χ4v) is 1.77. The molecule has 3 nitrogen and oxygen atoms in total. The summed E-state index contributed by atoms with van der Waals surface area (Å²) < 4.78 is 5.68. The predicted molar refractivity (Wildman–Crippen MR) is 73.5 cm³/mol. The highest BCUT2D eigenvalue weighted by atomic mass is 16.5. The average Bonchev–Trinajstić information content (AvgIpc) is 2.46. The Kier molecular flexibility index (Phi) is 4.18. The Labute approximate surface area is 112 Å². The highest BCUT2D eigenvalue weighted by molar-refractivity contribution is 5.98. The fourth-order valence-electron chi connectivity index (χ4n) is 1.77. The van der Waals surface area contributed by atoms with Crippen molar-refractivity contribution in [1.29, 1.82) is 0 Å². The Morgan fingerprint density at radius 1 is 1.11 bits per heavy atom. The van der Waals surface area contributed by atoms with E-state index in [9.17, 15) is 9.90 Å². The van der Waals surface area contributed by atoms with Gasteiger partial charge < -0.3 is 9.84 Å². The molecule has 2 aromatic carbocycles. The Morgan fingerprint density at radius 2 is 1.79 bits per heavy atom. The predicted octanol–water partition coefficient (Wildman–Crippen LogP) is 3.56. The largest absolute Gasteiger partial charge is 0.508 e. The molecule has 2 aromatic rings. The highest BCUT2D eigenvalue weighted by Crippen LogP contribution is 2.21. The minimum Gasteiger partial charge on any atom is -0.508 e. The summed E-state index contributed by atoms with van der Waals surface area (Å²) >= 11 is 0. The molecule has 0 bridgehead atoms. The van der Waals surface area contributed by atoms with Crippen LogP contribution in [0.2, 0.25) is 0 Å². The lowest BCUT2D eigenvalue weighted by Gasteiger charge is -2.10. The van der Waals surface area contributed by atoms with Crippen LogP contribution in [0.4, 0.5) is 0 Å². The summed E-state index contributed by atoms with van der Waals surface area (Å²) in [7, 11) is 0. The SMILES string of the molecule is CCC(=O)c1ccccc1OCc1ccc(O)cc1. The van der Waals surface area contributed by atoms with Crippen molar-refractivity contribution in [3.8, 4) is 11.5 Å². The fraction of sp³-hybridized carbons (Fsp3) is 0.188. The molecular formula is C16H16O3. The summed E-state index contributed by atoms with van der Waals surface area (Å²) in [6.07, 6.45) is 0.458. The van der Waals surface area contributed by atoms with Crippen molar-refractivity contribution in [2.24, 2.45) is 0 Å². The molecule has 1 N–H and O–H groups in total. The van der Waals surface area contributed by atoms with Gasteiger partial charge in [-0.05, 0) is 29.8 Å². The Balaban J connectivity index is 2.11. The van der Waals surface area contributed by atoms with Crippen LogP contribution in [0.5, 0.6) is 11.5 Å². The van der Waals surface area contributed by atoms with E-state index in [1.165, 1.54) is 0 Å². The van der Waals surface area contributed by atoms with Gasteiger partial charge in [0.15, 0.2) is 5.78 Å². The summed E-state index contributed by atoms with van der Waals surface area (Å²) in [5.41, 5.74) is 1.56. The van der Waals surface area contributed by atoms with Crippen molar-refractivity contribution < 1.29 is 14.6 Å². The van der Waals surface area contributed by atoms with Crippen molar-refractivity contribution in [2.75, 3.05) is 0 Å². The molecular weight excluding hydrogens is 240 g/mol. The molecule has 0 heterocycles. The molecule has 0 saturated heterocycles. The number of ketones is 1. The lowest BCUT2D eigenvalue weighted by molar-refractivity contribution is 0.0983. The maximum atomic E-state index is 11.8. The monoisotopic (exact) mass is 256 g/mol. The smallest absolute Gasteiger partial charge is 0.166 e. The summed E-state index contributed by atoms with van der Waals surface area (Å²) in [5, 5.41) is 9.21. The molecule has 2 rings (SSSR count). The molecule has 19 heavy (non-hydrogen) atoms. The van der Waals surface area contributed by atoms with Gasteiger partial charge in [-0.3, -0.25) is 4.79 Å². The van der Waals surface area contributed by atoms with Gasteiger partial charge in [0, 0.05) is 6.42 Å². The van der Waals surface area contributed by atoms with Gasteiger partial charge in [0.25, 0.3) is 0 Å². The second-order valence-electron chi connectivity index (χ2n) is 4.23. The number of Topliss-reactive ketones (excluding diaryl/α,β-unsaturated/α-hetero) is 1. The minimum absolute atomic E-state index is 0.0707. The molecule has 3 heteroatoms. The number of rotatable bonds is 5. The molecule has 0 amide bonds. The van der Waals surface area contributed by atoms with Crippen molar-refractivity contribution in [3.05, 3.63) is 59.7 Å². The van der Waals surface area contributed by atoms with Crippen LogP contribution in [0.25, 0.3) is 0 Å². The quantitative estimate of drug-likeness (QED) is 0.832. The Hall–Kier alpha value is -2.29. The minimum atomic E-state index is 0.0707.